The van der Waals surface area contributed by atoms with Gasteiger partial charge in [0.2, 0.25) is 5.91 Å². The van der Waals surface area contributed by atoms with E-state index in [1.54, 1.807) is 25.6 Å². The van der Waals surface area contributed by atoms with Crippen molar-refractivity contribution in [1.82, 2.24) is 19.6 Å². The summed E-state index contributed by atoms with van der Waals surface area (Å²) in [5.41, 5.74) is 3.03. The normalized spacial score (nSPS) is 11.0. The molecule has 2 aromatic carbocycles. The highest BCUT2D eigenvalue weighted by atomic mass is 32.2. The van der Waals surface area contributed by atoms with Gasteiger partial charge in [-0.25, -0.2) is 4.98 Å². The first-order chi connectivity index (χ1) is 12.8. The van der Waals surface area contributed by atoms with Gasteiger partial charge in [-0.2, -0.15) is 0 Å². The summed E-state index contributed by atoms with van der Waals surface area (Å²) < 4.78 is 7.13. The molecule has 0 bridgehead atoms. The number of nitrogens with zero attached hydrogens (tertiary/aromatic N) is 4. The topological polar surface area (TPSA) is 81.4 Å². The standard InChI is InChI=1S/C18H15N5O2S/c1-25-15-9-5-3-7-13(15)20-16(24)10-26-18-17-22-19-11-23(17)14-8-4-2-6-12(14)21-18/h2-9,11H,10H2,1H3,(H,20,24). The zero-order valence-electron chi connectivity index (χ0n) is 13.9. The number of ether oxygens (including phenoxy) is 1. The molecular formula is C18H15N5O2S. The monoisotopic (exact) mass is 365 g/mol. The van der Waals surface area contributed by atoms with Crippen molar-refractivity contribution in [2.24, 2.45) is 0 Å². The highest BCUT2D eigenvalue weighted by Crippen LogP contribution is 2.26. The Morgan fingerprint density at radius 2 is 2.00 bits per heavy atom. The third-order valence-corrected chi connectivity index (χ3v) is 4.78. The molecular weight excluding hydrogens is 350 g/mol. The van der Waals surface area contributed by atoms with Crippen LogP contribution in [0, 0.1) is 0 Å². The molecule has 26 heavy (non-hydrogen) atoms. The molecule has 8 heteroatoms. The van der Waals surface area contributed by atoms with Crippen LogP contribution in [0.5, 0.6) is 5.75 Å². The van der Waals surface area contributed by atoms with Gasteiger partial charge in [-0.05, 0) is 24.3 Å². The maximum atomic E-state index is 12.3. The van der Waals surface area contributed by atoms with Crippen LogP contribution in [-0.4, -0.2) is 38.4 Å². The summed E-state index contributed by atoms with van der Waals surface area (Å²) in [7, 11) is 1.57. The van der Waals surface area contributed by atoms with E-state index in [1.165, 1.54) is 11.8 Å². The summed E-state index contributed by atoms with van der Waals surface area (Å²) in [6.07, 6.45) is 1.65. The van der Waals surface area contributed by atoms with Crippen LogP contribution in [0.2, 0.25) is 0 Å². The van der Waals surface area contributed by atoms with Crippen LogP contribution in [-0.2, 0) is 4.79 Å². The van der Waals surface area contributed by atoms with Crippen molar-refractivity contribution in [2.45, 2.75) is 5.03 Å². The second-order valence-corrected chi connectivity index (χ2v) is 6.43. The van der Waals surface area contributed by atoms with Crippen LogP contribution in [0.15, 0.2) is 59.9 Å². The number of carbonyl (C=O) groups excluding carboxylic acids is 1. The predicted octanol–water partition coefficient (Wildman–Crippen LogP) is 3.02. The second kappa shape index (κ2) is 7.01. The van der Waals surface area contributed by atoms with Crippen molar-refractivity contribution in [2.75, 3.05) is 18.2 Å². The molecule has 2 aromatic heterocycles. The smallest absolute Gasteiger partial charge is 0.234 e. The van der Waals surface area contributed by atoms with Crippen LogP contribution in [0.25, 0.3) is 16.7 Å². The molecule has 0 unspecified atom stereocenters. The highest BCUT2D eigenvalue weighted by Gasteiger charge is 2.13. The molecule has 0 saturated heterocycles. The molecule has 0 spiro atoms. The Morgan fingerprint density at radius 3 is 2.88 bits per heavy atom. The maximum Gasteiger partial charge on any atom is 0.234 e. The highest BCUT2D eigenvalue weighted by molar-refractivity contribution is 8.00. The minimum Gasteiger partial charge on any atom is -0.495 e. The van der Waals surface area contributed by atoms with Gasteiger partial charge in [-0.1, -0.05) is 36.0 Å². The maximum absolute atomic E-state index is 12.3. The average Bonchev–Trinajstić information content (AvgIpc) is 3.17. The van der Waals surface area contributed by atoms with Crippen LogP contribution >= 0.6 is 11.8 Å². The Morgan fingerprint density at radius 1 is 1.19 bits per heavy atom. The van der Waals surface area contributed by atoms with Crippen molar-refractivity contribution in [1.29, 1.82) is 0 Å². The van der Waals surface area contributed by atoms with E-state index in [-0.39, 0.29) is 11.7 Å². The fraction of sp³-hybridized carbons (Fsp3) is 0.111. The van der Waals surface area contributed by atoms with E-state index in [1.807, 2.05) is 40.8 Å². The number of rotatable bonds is 5. The zero-order chi connectivity index (χ0) is 17.9. The van der Waals surface area contributed by atoms with Gasteiger partial charge >= 0.3 is 0 Å². The van der Waals surface area contributed by atoms with Crippen LogP contribution in [0.4, 0.5) is 5.69 Å². The minimum atomic E-state index is -0.146. The number of para-hydroxylation sites is 4. The summed E-state index contributed by atoms with van der Waals surface area (Å²) in [5.74, 6) is 0.674. The Labute approximate surface area is 153 Å². The minimum absolute atomic E-state index is 0.146. The molecule has 0 atom stereocenters. The van der Waals surface area contributed by atoms with Gasteiger partial charge in [0.05, 0.1) is 29.6 Å². The Kier molecular flexibility index (Phi) is 4.40. The van der Waals surface area contributed by atoms with E-state index < -0.39 is 0 Å². The van der Waals surface area contributed by atoms with E-state index in [0.29, 0.717) is 22.1 Å². The molecule has 0 aliphatic carbocycles. The lowest BCUT2D eigenvalue weighted by atomic mass is 10.3. The zero-order valence-corrected chi connectivity index (χ0v) is 14.7. The fourth-order valence-corrected chi connectivity index (χ4v) is 3.42. The van der Waals surface area contributed by atoms with Gasteiger partial charge in [0, 0.05) is 0 Å². The van der Waals surface area contributed by atoms with E-state index in [2.05, 4.69) is 20.5 Å². The molecule has 4 aromatic rings. The van der Waals surface area contributed by atoms with Crippen LogP contribution in [0.1, 0.15) is 0 Å². The number of amides is 1. The van der Waals surface area contributed by atoms with E-state index in [4.69, 9.17) is 4.74 Å². The summed E-state index contributed by atoms with van der Waals surface area (Å²) in [4.78, 5) is 17.0. The number of carbonyl (C=O) groups is 1. The Hall–Kier alpha value is -3.13. The predicted molar refractivity (Wildman–Crippen MR) is 101 cm³/mol. The van der Waals surface area contributed by atoms with Crippen LogP contribution < -0.4 is 10.1 Å². The van der Waals surface area contributed by atoms with Crippen molar-refractivity contribution < 1.29 is 9.53 Å². The number of aromatic nitrogens is 4. The Balaban J connectivity index is 1.55. The lowest BCUT2D eigenvalue weighted by Gasteiger charge is -2.10. The van der Waals surface area contributed by atoms with Gasteiger partial charge in [-0.3, -0.25) is 9.20 Å². The molecule has 1 N–H and O–H groups in total. The lowest BCUT2D eigenvalue weighted by Crippen LogP contribution is -2.15. The number of anilines is 1. The largest absolute Gasteiger partial charge is 0.495 e. The van der Waals surface area contributed by atoms with E-state index >= 15 is 0 Å². The van der Waals surface area contributed by atoms with Crippen molar-refractivity contribution in [3.63, 3.8) is 0 Å². The third-order valence-electron chi connectivity index (χ3n) is 3.82. The lowest BCUT2D eigenvalue weighted by molar-refractivity contribution is -0.113. The third kappa shape index (κ3) is 3.06. The molecule has 0 fully saturated rings. The molecule has 4 rings (SSSR count). The number of hydrogen-bond donors (Lipinski definition) is 1. The van der Waals surface area contributed by atoms with Crippen LogP contribution in [0.3, 0.4) is 0 Å². The molecule has 7 nitrogen and oxygen atoms in total. The summed E-state index contributed by atoms with van der Waals surface area (Å²) in [6, 6.07) is 15.0. The number of thioether (sulfide) groups is 1. The first kappa shape index (κ1) is 16.3. The molecule has 0 aliphatic rings. The molecule has 1 amide bonds. The molecule has 0 aliphatic heterocycles. The van der Waals surface area contributed by atoms with E-state index in [9.17, 15) is 4.79 Å². The average molecular weight is 365 g/mol. The number of hydrogen-bond acceptors (Lipinski definition) is 6. The number of benzene rings is 2. The molecule has 0 saturated carbocycles. The number of nitrogens with one attached hydrogen (secondary N) is 1. The fourth-order valence-electron chi connectivity index (χ4n) is 2.64. The number of fused-ring (bicyclic) bond motifs is 3. The summed E-state index contributed by atoms with van der Waals surface area (Å²) in [6.45, 7) is 0. The first-order valence-electron chi connectivity index (χ1n) is 7.90. The number of methoxy groups -OCH3 is 1. The first-order valence-corrected chi connectivity index (χ1v) is 8.89. The van der Waals surface area contributed by atoms with E-state index in [0.717, 1.165) is 11.0 Å². The molecule has 130 valence electrons. The van der Waals surface area contributed by atoms with Gasteiger partial charge in [-0.15, -0.1) is 10.2 Å². The van der Waals surface area contributed by atoms with Crippen molar-refractivity contribution >= 4 is 40.0 Å². The summed E-state index contributed by atoms with van der Waals surface area (Å²) in [5, 5.41) is 11.6. The van der Waals surface area contributed by atoms with Gasteiger partial charge in [0.15, 0.2) is 5.65 Å². The van der Waals surface area contributed by atoms with Gasteiger partial charge in [0.1, 0.15) is 17.1 Å². The summed E-state index contributed by atoms with van der Waals surface area (Å²) >= 11 is 1.32. The SMILES string of the molecule is COc1ccccc1NC(=O)CSc1nc2ccccc2n2cnnc12. The Bertz CT molecular complexity index is 1100. The van der Waals surface area contributed by atoms with Gasteiger partial charge < -0.3 is 10.1 Å². The van der Waals surface area contributed by atoms with Crippen molar-refractivity contribution in [3.8, 4) is 5.75 Å². The van der Waals surface area contributed by atoms with Crippen molar-refractivity contribution in [3.05, 3.63) is 54.9 Å². The van der Waals surface area contributed by atoms with Gasteiger partial charge in [0.25, 0.3) is 0 Å². The second-order valence-electron chi connectivity index (χ2n) is 5.47. The quantitative estimate of drug-likeness (QED) is 0.548. The molecule has 2 heterocycles. The molecule has 0 radical (unpaired) electrons.